The van der Waals surface area contributed by atoms with E-state index in [4.69, 9.17) is 40.0 Å². The van der Waals surface area contributed by atoms with Gasteiger partial charge in [-0.1, -0.05) is 200 Å². The van der Waals surface area contributed by atoms with Gasteiger partial charge >= 0.3 is 16.5 Å². The van der Waals surface area contributed by atoms with Crippen molar-refractivity contribution in [3.8, 4) is 0 Å². The highest BCUT2D eigenvalue weighted by atomic mass is 31.1. The number of hydrogen-bond donors (Lipinski definition) is 0. The normalized spacial score (nSPS) is 19.4. The van der Waals surface area contributed by atoms with Gasteiger partial charge < -0.3 is 31.0 Å². The van der Waals surface area contributed by atoms with Crippen LogP contribution < -0.4 is 29.8 Å². The summed E-state index contributed by atoms with van der Waals surface area (Å²) < 4.78 is 64.1. The molecule has 4 heterocycles. The third kappa shape index (κ3) is 9.03. The van der Waals surface area contributed by atoms with E-state index in [1.165, 1.54) is 42.3 Å². The van der Waals surface area contributed by atoms with E-state index in [1.54, 1.807) is 0 Å². The Kier molecular flexibility index (Phi) is 12.4. The Labute approximate surface area is 444 Å². The Morgan fingerprint density at radius 2 is 0.760 bits per heavy atom. The predicted molar refractivity (Wildman–Crippen MR) is 325 cm³/mol. The molecule has 0 radical (unpaired) electrons. The van der Waals surface area contributed by atoms with Crippen molar-refractivity contribution >= 4 is 156 Å². The van der Waals surface area contributed by atoms with Crippen molar-refractivity contribution in [2.45, 2.75) is 123 Å². The van der Waals surface area contributed by atoms with Gasteiger partial charge in [0.05, 0.1) is 38.9 Å². The minimum Gasteiger partial charge on any atom is -0.399 e. The van der Waals surface area contributed by atoms with Crippen LogP contribution in [0.15, 0.2) is 138 Å². The summed E-state index contributed by atoms with van der Waals surface area (Å²) in [5, 5.41) is 18.2. The van der Waals surface area contributed by atoms with Crippen LogP contribution in [0.4, 0.5) is 0 Å². The molecule has 0 bridgehead atoms. The molecule has 388 valence electrons. The van der Waals surface area contributed by atoms with Crippen molar-refractivity contribution in [3.05, 3.63) is 121 Å². The van der Waals surface area contributed by atoms with Crippen LogP contribution in [0.1, 0.15) is 13.8 Å². The van der Waals surface area contributed by atoms with E-state index in [1.807, 2.05) is 13.8 Å². The number of ether oxygens (including phenoxy) is 3. The maximum absolute atomic E-state index is 7.42. The third-order valence-corrected chi connectivity index (χ3v) is 25.1. The maximum atomic E-state index is 7.42. The molecular weight excluding hydrogens is 1040 g/mol. The van der Waals surface area contributed by atoms with Gasteiger partial charge in [0.15, 0.2) is 12.1 Å². The van der Waals surface area contributed by atoms with Crippen molar-refractivity contribution in [1.82, 2.24) is 0 Å². The molecule has 4 atom stereocenters. The summed E-state index contributed by atoms with van der Waals surface area (Å²) >= 11 is 0. The minimum atomic E-state index is -2.14. The molecule has 12 rings (SSSR count). The van der Waals surface area contributed by atoms with E-state index in [2.05, 4.69) is 200 Å². The first-order valence-electron chi connectivity index (χ1n) is 26.3. The second-order valence-electron chi connectivity index (χ2n) is 25.2. The first kappa shape index (κ1) is 51.0. The fourth-order valence-corrected chi connectivity index (χ4v) is 19.9. The van der Waals surface area contributed by atoms with E-state index in [0.29, 0.717) is 0 Å². The molecule has 0 N–H and O–H groups in total. The highest BCUT2D eigenvalue weighted by Crippen LogP contribution is 2.46. The van der Waals surface area contributed by atoms with Gasteiger partial charge in [0, 0.05) is 21.5 Å². The predicted octanol–water partition coefficient (Wildman–Crippen LogP) is 15.5. The molecule has 75 heavy (non-hydrogen) atoms. The molecule has 0 aliphatic carbocycles. The molecular formula is C60H68O9P2Si4. The Bertz CT molecular complexity index is 3820. The van der Waals surface area contributed by atoms with E-state index in [9.17, 15) is 0 Å². The summed E-state index contributed by atoms with van der Waals surface area (Å²) in [6.07, 6.45) is -2.77. The van der Waals surface area contributed by atoms with E-state index >= 15 is 0 Å². The van der Waals surface area contributed by atoms with Gasteiger partial charge in [-0.05, 0) is 77.7 Å². The van der Waals surface area contributed by atoms with Gasteiger partial charge in [0.1, 0.15) is 40.6 Å². The van der Waals surface area contributed by atoms with Gasteiger partial charge in [-0.15, -0.1) is 0 Å². The van der Waals surface area contributed by atoms with E-state index in [0.717, 1.165) is 65.4 Å². The molecule has 0 spiro atoms. The molecule has 8 aromatic carbocycles. The van der Waals surface area contributed by atoms with Gasteiger partial charge in [-0.3, -0.25) is 9.05 Å². The first-order valence-corrected chi connectivity index (χ1v) is 42.5. The molecule has 15 heteroatoms. The van der Waals surface area contributed by atoms with Crippen molar-refractivity contribution in [3.63, 3.8) is 0 Å². The Balaban J connectivity index is 1.08. The largest absolute Gasteiger partial charge is 0.399 e. The van der Waals surface area contributed by atoms with Crippen LogP contribution in [0.5, 0.6) is 0 Å². The average molecular weight is 1110 g/mol. The van der Waals surface area contributed by atoms with Crippen molar-refractivity contribution < 1.29 is 40.0 Å². The molecule has 0 saturated carbocycles. The third-order valence-electron chi connectivity index (χ3n) is 15.0. The molecule has 10 aromatic rings. The zero-order valence-corrected chi connectivity index (χ0v) is 51.4. The van der Waals surface area contributed by atoms with Crippen LogP contribution >= 0.6 is 16.5 Å². The summed E-state index contributed by atoms with van der Waals surface area (Å²) in [6, 6.07) is 44.1. The lowest BCUT2D eigenvalue weighted by molar-refractivity contribution is -0.213. The second kappa shape index (κ2) is 18.2. The van der Waals surface area contributed by atoms with Crippen LogP contribution in [-0.2, 0) is 14.2 Å². The quantitative estimate of drug-likeness (QED) is 0.131. The molecule has 9 nitrogen and oxygen atoms in total. The zero-order chi connectivity index (χ0) is 52.7. The second-order valence-corrected chi connectivity index (χ2v) is 47.5. The van der Waals surface area contributed by atoms with Crippen molar-refractivity contribution in [2.24, 2.45) is 0 Å². The first-order chi connectivity index (χ1) is 35.4. The summed E-state index contributed by atoms with van der Waals surface area (Å²) in [5.74, 6) is -0.925. The maximum Gasteiger partial charge on any atom is 0.387 e. The van der Waals surface area contributed by atoms with E-state index < -0.39 is 79.2 Å². The highest BCUT2D eigenvalue weighted by Gasteiger charge is 2.56. The fourth-order valence-electron chi connectivity index (χ4n) is 11.4. The monoisotopic (exact) mass is 1110 g/mol. The minimum absolute atomic E-state index is 0.0544. The number of benzene rings is 8. The molecule has 2 fully saturated rings. The van der Waals surface area contributed by atoms with Gasteiger partial charge in [-0.2, -0.15) is 0 Å². The van der Waals surface area contributed by atoms with Gasteiger partial charge in [-0.25, -0.2) is 0 Å². The smallest absolute Gasteiger partial charge is 0.387 e. The number of hydrogen-bond acceptors (Lipinski definition) is 9. The summed E-state index contributed by atoms with van der Waals surface area (Å²) in [4.78, 5) is 0. The standard InChI is InChI=1S/C60H68O9P2Si4/c1-60(2)63-58-53(65-71-68-56-47(74(9,10)11)33-38-25-17-21-29-42(38)51(56)52-43-30-22-18-26-39(43)34-48(57(52)69-71)75(12,13)14)44(62-59(58)64-60)35-61-70-66-54-45(72(3,4)5)31-36-23-15-19-27-40(36)49(54)50-41-28-20-16-24-37(41)32-46(55(50)67-70)73(6,7)8/h15-34,44,53,58-59H,35H2,1-14H3/t44-,53+,58-,59-/m1/s1. The van der Waals surface area contributed by atoms with Gasteiger partial charge in [0.25, 0.3) is 0 Å². The van der Waals surface area contributed by atoms with Crippen molar-refractivity contribution in [1.29, 1.82) is 0 Å². The lowest BCUT2D eigenvalue weighted by Crippen LogP contribution is -2.41. The van der Waals surface area contributed by atoms with E-state index in [-0.39, 0.29) is 6.61 Å². The average Bonchev–Trinajstić information content (AvgIpc) is 3.71. The fraction of sp³-hybridized carbons (Fsp3) is 0.333. The number of rotatable bonds is 9. The van der Waals surface area contributed by atoms with Crippen LogP contribution in [0, 0.1) is 0 Å². The lowest BCUT2D eigenvalue weighted by Gasteiger charge is -2.24. The summed E-state index contributed by atoms with van der Waals surface area (Å²) in [5.41, 5.74) is 3.30. The van der Waals surface area contributed by atoms with Crippen LogP contribution in [0.3, 0.4) is 0 Å². The van der Waals surface area contributed by atoms with Crippen molar-refractivity contribution in [2.75, 3.05) is 6.61 Å². The topological polar surface area (TPSA) is 98.7 Å². The molecule has 0 amide bonds. The molecule has 2 aliphatic rings. The summed E-state index contributed by atoms with van der Waals surface area (Å²) in [7, 11) is -12.5. The van der Waals surface area contributed by atoms with Crippen LogP contribution in [0.25, 0.3) is 87.0 Å². The Hall–Kier alpha value is -4.73. The Morgan fingerprint density at radius 1 is 0.440 bits per heavy atom. The SMILES string of the molecule is CC1(C)O[C@H]2O[C@H](COp3oc4c([Si](C)(C)C)cc5ccccc5c4c4c(o3)c([Si](C)(C)C)cc3ccccc34)[C@H](Op3oc4c([Si](C)(C)C)cc5ccccc5c4c4c(o3)c([Si](C)(C)C)cc3ccccc34)[C@H]2O1. The van der Waals surface area contributed by atoms with Gasteiger partial charge in [0.2, 0.25) is 0 Å². The Morgan fingerprint density at radius 3 is 1.09 bits per heavy atom. The van der Waals surface area contributed by atoms with Crippen LogP contribution in [0.2, 0.25) is 78.6 Å². The van der Waals surface area contributed by atoms with Crippen LogP contribution in [-0.4, -0.2) is 69.3 Å². The number of fused-ring (bicyclic) bond motifs is 15. The molecule has 2 aromatic heterocycles. The zero-order valence-electron chi connectivity index (χ0n) is 45.6. The summed E-state index contributed by atoms with van der Waals surface area (Å²) in [6.45, 7) is 32.4. The highest BCUT2D eigenvalue weighted by molar-refractivity contribution is 7.32. The molecule has 0 unspecified atom stereocenters. The lowest BCUT2D eigenvalue weighted by atomic mass is 9.98. The molecule has 2 aliphatic heterocycles. The molecule has 2 saturated heterocycles.